The van der Waals surface area contributed by atoms with Gasteiger partial charge in [-0.3, -0.25) is 9.59 Å². The monoisotopic (exact) mass is 288 g/mol. The lowest BCUT2D eigenvalue weighted by Crippen LogP contribution is -2.12. The minimum absolute atomic E-state index is 0. The first-order chi connectivity index (χ1) is 8.63. The summed E-state index contributed by atoms with van der Waals surface area (Å²) in [5, 5.41) is 2.71. The summed E-state index contributed by atoms with van der Waals surface area (Å²) in [6.07, 6.45) is 5.93. The Kier molecular flexibility index (Phi) is 8.65. The number of hydrogen-bond donors (Lipinski definition) is 4. The fourth-order valence-corrected chi connectivity index (χ4v) is 1.62. The Morgan fingerprint density at radius 3 is 2.47 bits per heavy atom. The van der Waals surface area contributed by atoms with Gasteiger partial charge < -0.3 is 21.8 Å². The molecule has 0 aliphatic carbocycles. The maximum atomic E-state index is 11.6. The van der Waals surface area contributed by atoms with Crippen LogP contribution < -0.4 is 16.8 Å². The fraction of sp³-hybridized carbons (Fsp3) is 0.500. The Bertz CT molecular complexity index is 406. The second-order valence-electron chi connectivity index (χ2n) is 4.17. The van der Waals surface area contributed by atoms with Crippen molar-refractivity contribution in [2.75, 3.05) is 11.9 Å². The van der Waals surface area contributed by atoms with E-state index in [1.807, 2.05) is 0 Å². The smallest absolute Gasteiger partial charge is 0.265 e. The Morgan fingerprint density at radius 1 is 1.21 bits per heavy atom. The molecule has 19 heavy (non-hydrogen) atoms. The number of primary amides is 1. The predicted molar refractivity (Wildman–Crippen MR) is 77.3 cm³/mol. The third kappa shape index (κ3) is 6.83. The van der Waals surface area contributed by atoms with Crippen molar-refractivity contribution in [2.24, 2.45) is 11.5 Å². The summed E-state index contributed by atoms with van der Waals surface area (Å²) in [6.45, 7) is 0.700. The van der Waals surface area contributed by atoms with E-state index in [9.17, 15) is 9.59 Å². The van der Waals surface area contributed by atoms with Crippen molar-refractivity contribution in [2.45, 2.75) is 32.1 Å². The number of rotatable bonds is 8. The molecule has 0 spiro atoms. The number of amides is 2. The molecule has 0 bridgehead atoms. The van der Waals surface area contributed by atoms with E-state index in [2.05, 4.69) is 10.3 Å². The van der Waals surface area contributed by atoms with E-state index < -0.39 is 5.91 Å². The molecule has 0 aliphatic heterocycles. The van der Waals surface area contributed by atoms with E-state index in [1.165, 1.54) is 6.07 Å². The average molecular weight is 289 g/mol. The number of nitrogens with one attached hydrogen (secondary N) is 2. The predicted octanol–water partition coefficient (Wildman–Crippen LogP) is 1.38. The summed E-state index contributed by atoms with van der Waals surface area (Å²) in [5.41, 5.74) is 11.3. The van der Waals surface area contributed by atoms with Crippen molar-refractivity contribution >= 4 is 29.9 Å². The van der Waals surface area contributed by atoms with Gasteiger partial charge in [-0.15, -0.1) is 12.4 Å². The van der Waals surface area contributed by atoms with Gasteiger partial charge in [-0.2, -0.15) is 0 Å². The highest BCUT2D eigenvalue weighted by Crippen LogP contribution is 2.10. The average Bonchev–Trinajstić information content (AvgIpc) is 2.77. The third-order valence-corrected chi connectivity index (χ3v) is 2.59. The maximum absolute atomic E-state index is 11.6. The number of halogens is 1. The SMILES string of the molecule is Cl.NCCCCCCC(=O)Nc1c[nH]c(C(N)=O)c1. The topological polar surface area (TPSA) is 114 Å². The minimum Gasteiger partial charge on any atom is -0.364 e. The van der Waals surface area contributed by atoms with Crippen LogP contribution in [0.4, 0.5) is 5.69 Å². The number of hydrogen-bond acceptors (Lipinski definition) is 3. The zero-order valence-electron chi connectivity index (χ0n) is 10.8. The van der Waals surface area contributed by atoms with Crippen LogP contribution in [0.1, 0.15) is 42.6 Å². The molecule has 0 fully saturated rings. The molecule has 2 amide bonds. The number of carbonyl (C=O) groups excluding carboxylic acids is 2. The van der Waals surface area contributed by atoms with Crippen LogP contribution in [-0.2, 0) is 4.79 Å². The van der Waals surface area contributed by atoms with E-state index in [1.54, 1.807) is 6.20 Å². The van der Waals surface area contributed by atoms with Crippen LogP contribution in [-0.4, -0.2) is 23.3 Å². The second-order valence-corrected chi connectivity index (χ2v) is 4.17. The van der Waals surface area contributed by atoms with Crippen LogP contribution in [0.3, 0.4) is 0 Å². The van der Waals surface area contributed by atoms with Gasteiger partial charge in [0.05, 0.1) is 5.69 Å². The number of nitrogens with two attached hydrogens (primary N) is 2. The molecule has 1 aromatic heterocycles. The molecule has 6 nitrogen and oxygen atoms in total. The molecule has 1 heterocycles. The first-order valence-electron chi connectivity index (χ1n) is 6.11. The summed E-state index contributed by atoms with van der Waals surface area (Å²) in [6, 6.07) is 1.52. The van der Waals surface area contributed by atoms with Gasteiger partial charge >= 0.3 is 0 Å². The molecule has 6 N–H and O–H groups in total. The summed E-state index contributed by atoms with van der Waals surface area (Å²) in [7, 11) is 0. The van der Waals surface area contributed by atoms with Crippen LogP contribution in [0.15, 0.2) is 12.3 Å². The largest absolute Gasteiger partial charge is 0.364 e. The maximum Gasteiger partial charge on any atom is 0.265 e. The Labute approximate surface area is 118 Å². The van der Waals surface area contributed by atoms with Crippen molar-refractivity contribution in [3.8, 4) is 0 Å². The molecule has 108 valence electrons. The van der Waals surface area contributed by atoms with Crippen LogP contribution >= 0.6 is 12.4 Å². The summed E-state index contributed by atoms with van der Waals surface area (Å²) >= 11 is 0. The molecule has 0 unspecified atom stereocenters. The zero-order valence-corrected chi connectivity index (χ0v) is 11.6. The highest BCUT2D eigenvalue weighted by atomic mass is 35.5. The molecule has 1 aromatic rings. The molecule has 0 saturated carbocycles. The summed E-state index contributed by atoms with van der Waals surface area (Å²) in [5.74, 6) is -0.602. The lowest BCUT2D eigenvalue weighted by molar-refractivity contribution is -0.116. The number of aromatic amines is 1. The minimum atomic E-state index is -0.544. The number of carbonyl (C=O) groups is 2. The Hall–Kier alpha value is -1.53. The molecule has 0 atom stereocenters. The van der Waals surface area contributed by atoms with E-state index in [0.717, 1.165) is 25.7 Å². The van der Waals surface area contributed by atoms with Gasteiger partial charge in [-0.05, 0) is 25.5 Å². The third-order valence-electron chi connectivity index (χ3n) is 2.59. The van der Waals surface area contributed by atoms with Gasteiger partial charge in [0.25, 0.3) is 5.91 Å². The lowest BCUT2D eigenvalue weighted by atomic mass is 10.1. The molecule has 7 heteroatoms. The van der Waals surface area contributed by atoms with E-state index >= 15 is 0 Å². The van der Waals surface area contributed by atoms with E-state index in [0.29, 0.717) is 18.7 Å². The van der Waals surface area contributed by atoms with Crippen LogP contribution in [0.5, 0.6) is 0 Å². The normalized spacial score (nSPS) is 9.74. The zero-order chi connectivity index (χ0) is 13.4. The van der Waals surface area contributed by atoms with Crippen LogP contribution in [0, 0.1) is 0 Å². The highest BCUT2D eigenvalue weighted by Gasteiger charge is 2.06. The molecule has 0 aliphatic rings. The van der Waals surface area contributed by atoms with Crippen molar-refractivity contribution in [1.82, 2.24) is 4.98 Å². The number of H-pyrrole nitrogens is 1. The van der Waals surface area contributed by atoms with Gasteiger partial charge in [0, 0.05) is 12.6 Å². The van der Waals surface area contributed by atoms with Gasteiger partial charge in [0.2, 0.25) is 5.91 Å². The molecular formula is C12H21ClN4O2. The van der Waals surface area contributed by atoms with Crippen molar-refractivity contribution in [3.63, 3.8) is 0 Å². The van der Waals surface area contributed by atoms with Gasteiger partial charge in [0.15, 0.2) is 0 Å². The molecule has 1 rings (SSSR count). The summed E-state index contributed by atoms with van der Waals surface area (Å²) < 4.78 is 0. The van der Waals surface area contributed by atoms with Gasteiger partial charge in [-0.1, -0.05) is 12.8 Å². The standard InChI is InChI=1S/C12H20N4O2.ClH/c13-6-4-2-1-3-5-11(17)16-9-7-10(12(14)18)15-8-9;/h7-8,15H,1-6,13H2,(H2,14,18)(H,16,17);1H. The summed E-state index contributed by atoms with van der Waals surface area (Å²) in [4.78, 5) is 25.1. The van der Waals surface area contributed by atoms with Gasteiger partial charge in [0.1, 0.15) is 5.69 Å². The highest BCUT2D eigenvalue weighted by molar-refractivity contribution is 5.95. The molecule has 0 saturated heterocycles. The van der Waals surface area contributed by atoms with E-state index in [4.69, 9.17) is 11.5 Å². The Balaban J connectivity index is 0.00000324. The number of unbranched alkanes of at least 4 members (excludes halogenated alkanes) is 3. The van der Waals surface area contributed by atoms with E-state index in [-0.39, 0.29) is 24.0 Å². The number of aromatic nitrogens is 1. The van der Waals surface area contributed by atoms with Gasteiger partial charge in [-0.25, -0.2) is 0 Å². The number of anilines is 1. The van der Waals surface area contributed by atoms with Crippen molar-refractivity contribution < 1.29 is 9.59 Å². The fourth-order valence-electron chi connectivity index (χ4n) is 1.62. The first-order valence-corrected chi connectivity index (χ1v) is 6.11. The molecular weight excluding hydrogens is 268 g/mol. The lowest BCUT2D eigenvalue weighted by Gasteiger charge is -2.02. The first kappa shape index (κ1) is 17.5. The molecule has 0 radical (unpaired) electrons. The second kappa shape index (κ2) is 9.41. The Morgan fingerprint density at radius 2 is 1.89 bits per heavy atom. The quantitative estimate of drug-likeness (QED) is 0.542. The van der Waals surface area contributed by atoms with Crippen LogP contribution in [0.2, 0.25) is 0 Å². The molecule has 0 aromatic carbocycles. The van der Waals surface area contributed by atoms with Crippen LogP contribution in [0.25, 0.3) is 0 Å². The van der Waals surface area contributed by atoms with Crippen molar-refractivity contribution in [1.29, 1.82) is 0 Å². The van der Waals surface area contributed by atoms with Crippen molar-refractivity contribution in [3.05, 3.63) is 18.0 Å².